The minimum absolute atomic E-state index is 0.195. The molecular weight excluding hydrogens is 398 g/mol. The van der Waals surface area contributed by atoms with Crippen LogP contribution in [0.1, 0.15) is 18.1 Å². The van der Waals surface area contributed by atoms with E-state index < -0.39 is 0 Å². The van der Waals surface area contributed by atoms with Gasteiger partial charge in [-0.25, -0.2) is 9.97 Å². The molecule has 2 N–H and O–H groups in total. The van der Waals surface area contributed by atoms with Gasteiger partial charge in [0.15, 0.2) is 5.82 Å². The molecule has 0 bridgehead atoms. The molecule has 4 aromatic rings. The van der Waals surface area contributed by atoms with Crippen molar-refractivity contribution in [3.63, 3.8) is 0 Å². The second-order valence-electron chi connectivity index (χ2n) is 6.21. The molecule has 7 nitrogen and oxygen atoms in total. The van der Waals surface area contributed by atoms with Gasteiger partial charge in [0.1, 0.15) is 29.4 Å². The summed E-state index contributed by atoms with van der Waals surface area (Å²) in [5, 5.41) is 23.4. The van der Waals surface area contributed by atoms with Crippen molar-refractivity contribution >= 4 is 33.6 Å². The predicted molar refractivity (Wildman–Crippen MR) is 118 cm³/mol. The molecule has 2 aromatic carbocycles. The molecule has 0 amide bonds. The van der Waals surface area contributed by atoms with Crippen molar-refractivity contribution < 1.29 is 9.84 Å². The lowest BCUT2D eigenvalue weighted by Gasteiger charge is -2.08. The summed E-state index contributed by atoms with van der Waals surface area (Å²) < 4.78 is 6.48. The number of benzene rings is 2. The van der Waals surface area contributed by atoms with Crippen LogP contribution in [0.5, 0.6) is 11.5 Å². The maximum Gasteiger partial charge on any atom is 0.167 e. The molecule has 4 rings (SSSR count). The number of thiophene rings is 1. The van der Waals surface area contributed by atoms with E-state index in [0.717, 1.165) is 26.5 Å². The Hall–Kier alpha value is -3.96. The fraction of sp³-hybridized carbons (Fsp3) is 0.0909. The van der Waals surface area contributed by atoms with Crippen LogP contribution in [0.3, 0.4) is 0 Å². The van der Waals surface area contributed by atoms with Gasteiger partial charge in [0, 0.05) is 5.56 Å². The molecular formula is C22H17N5O2S. The zero-order valence-electron chi connectivity index (χ0n) is 16.0. The number of nitrogens with one attached hydrogen (secondary N) is 1. The average molecular weight is 415 g/mol. The van der Waals surface area contributed by atoms with Crippen LogP contribution < -0.4 is 10.2 Å². The third kappa shape index (κ3) is 3.79. The fourth-order valence-electron chi connectivity index (χ4n) is 2.95. The van der Waals surface area contributed by atoms with Crippen LogP contribution in [-0.4, -0.2) is 27.9 Å². The van der Waals surface area contributed by atoms with Crippen LogP contribution in [0.4, 0.5) is 5.82 Å². The SMILES string of the molecule is CCOc1ccccc1-c1sc2c(NN=Cc3ccc(O)cc3)ncnc2c1C#N. The molecule has 8 heteroatoms. The molecule has 2 aromatic heterocycles. The second-order valence-corrected chi connectivity index (χ2v) is 7.23. The molecule has 0 saturated heterocycles. The Morgan fingerprint density at radius 2 is 2.00 bits per heavy atom. The van der Waals surface area contributed by atoms with Gasteiger partial charge in [-0.2, -0.15) is 10.4 Å². The highest BCUT2D eigenvalue weighted by atomic mass is 32.1. The first-order valence-corrected chi connectivity index (χ1v) is 10.0. The molecule has 0 saturated carbocycles. The quantitative estimate of drug-likeness (QED) is 0.347. The monoisotopic (exact) mass is 415 g/mol. The largest absolute Gasteiger partial charge is 0.508 e. The molecule has 0 atom stereocenters. The zero-order chi connectivity index (χ0) is 20.9. The Kier molecular flexibility index (Phi) is 5.54. The van der Waals surface area contributed by atoms with Crippen LogP contribution in [-0.2, 0) is 0 Å². The minimum atomic E-state index is 0.195. The van der Waals surface area contributed by atoms with Crippen LogP contribution in [0.2, 0.25) is 0 Å². The lowest BCUT2D eigenvalue weighted by molar-refractivity contribution is 0.341. The van der Waals surface area contributed by atoms with Gasteiger partial charge in [0.25, 0.3) is 0 Å². The molecule has 148 valence electrons. The van der Waals surface area contributed by atoms with E-state index in [1.165, 1.54) is 17.7 Å². The van der Waals surface area contributed by atoms with E-state index in [2.05, 4.69) is 26.6 Å². The first-order chi connectivity index (χ1) is 14.7. The number of para-hydroxylation sites is 1. The fourth-order valence-corrected chi connectivity index (χ4v) is 4.12. The molecule has 0 aliphatic carbocycles. The molecule has 0 aliphatic heterocycles. The van der Waals surface area contributed by atoms with Crippen LogP contribution >= 0.6 is 11.3 Å². The minimum Gasteiger partial charge on any atom is -0.508 e. The standard InChI is InChI=1S/C22H17N5O2S/c1-2-29-18-6-4-3-5-16(18)20-17(11-23)19-21(30-20)22(25-13-24-19)27-26-12-14-7-9-15(28)10-8-14/h3-10,12-13,28H,2H2,1H3,(H,24,25,27). The number of nitrogens with zero attached hydrogens (tertiary/aromatic N) is 4. The van der Waals surface area contributed by atoms with Crippen LogP contribution in [0, 0.1) is 11.3 Å². The van der Waals surface area contributed by atoms with Gasteiger partial charge >= 0.3 is 0 Å². The highest BCUT2D eigenvalue weighted by Gasteiger charge is 2.20. The number of hydrogen-bond acceptors (Lipinski definition) is 8. The van der Waals surface area contributed by atoms with Gasteiger partial charge in [0.05, 0.1) is 28.0 Å². The molecule has 30 heavy (non-hydrogen) atoms. The number of aromatic nitrogens is 2. The Balaban J connectivity index is 1.74. The summed E-state index contributed by atoms with van der Waals surface area (Å²) in [5.41, 5.74) is 5.65. The van der Waals surface area contributed by atoms with Gasteiger partial charge < -0.3 is 9.84 Å². The van der Waals surface area contributed by atoms with Gasteiger partial charge in [-0.3, -0.25) is 5.43 Å². The van der Waals surface area contributed by atoms with E-state index in [-0.39, 0.29) is 5.75 Å². The number of rotatable bonds is 6. The number of ether oxygens (including phenoxy) is 1. The maximum atomic E-state index is 9.81. The Labute approximate surface area is 176 Å². The van der Waals surface area contributed by atoms with Crippen LogP contribution in [0.25, 0.3) is 20.7 Å². The number of anilines is 1. The van der Waals surface area contributed by atoms with Crippen molar-refractivity contribution in [2.75, 3.05) is 12.0 Å². The number of phenolic OH excluding ortho intramolecular Hbond substituents is 1. The summed E-state index contributed by atoms with van der Waals surface area (Å²) >= 11 is 1.42. The van der Waals surface area contributed by atoms with Gasteiger partial charge in [-0.15, -0.1) is 11.3 Å². The van der Waals surface area contributed by atoms with Crippen molar-refractivity contribution in [2.45, 2.75) is 6.92 Å². The third-order valence-corrected chi connectivity index (χ3v) is 5.51. The molecule has 0 unspecified atom stereocenters. The second kappa shape index (κ2) is 8.59. The van der Waals surface area contributed by atoms with Crippen molar-refractivity contribution in [1.29, 1.82) is 5.26 Å². The van der Waals surface area contributed by atoms with Gasteiger partial charge in [-0.1, -0.05) is 12.1 Å². The van der Waals surface area contributed by atoms with E-state index in [0.29, 0.717) is 23.5 Å². The molecule has 0 spiro atoms. The van der Waals surface area contributed by atoms with E-state index in [1.54, 1.807) is 30.5 Å². The molecule has 0 aliphatic rings. The lowest BCUT2D eigenvalue weighted by Crippen LogP contribution is -1.94. The summed E-state index contributed by atoms with van der Waals surface area (Å²) in [6, 6.07) is 16.6. The average Bonchev–Trinajstić information content (AvgIpc) is 3.15. The number of nitriles is 1. The number of aromatic hydroxyl groups is 1. The molecule has 0 radical (unpaired) electrons. The van der Waals surface area contributed by atoms with Crippen molar-refractivity contribution in [3.8, 4) is 28.0 Å². The first-order valence-electron chi connectivity index (χ1n) is 9.19. The van der Waals surface area contributed by atoms with Crippen molar-refractivity contribution in [3.05, 3.63) is 66.0 Å². The normalized spacial score (nSPS) is 10.9. The van der Waals surface area contributed by atoms with Gasteiger partial charge in [-0.05, 0) is 48.9 Å². The smallest absolute Gasteiger partial charge is 0.167 e. The highest BCUT2D eigenvalue weighted by Crippen LogP contribution is 2.43. The summed E-state index contributed by atoms with van der Waals surface area (Å²) in [4.78, 5) is 9.39. The number of hydrazone groups is 1. The first kappa shape index (κ1) is 19.4. The Morgan fingerprint density at radius 1 is 1.20 bits per heavy atom. The number of phenols is 1. The highest BCUT2D eigenvalue weighted by molar-refractivity contribution is 7.23. The van der Waals surface area contributed by atoms with E-state index >= 15 is 0 Å². The van der Waals surface area contributed by atoms with Crippen molar-refractivity contribution in [2.24, 2.45) is 5.10 Å². The number of fused-ring (bicyclic) bond motifs is 1. The van der Waals surface area contributed by atoms with E-state index in [4.69, 9.17) is 4.74 Å². The number of hydrogen-bond donors (Lipinski definition) is 2. The zero-order valence-corrected chi connectivity index (χ0v) is 16.8. The maximum absolute atomic E-state index is 9.81. The molecule has 2 heterocycles. The lowest BCUT2D eigenvalue weighted by atomic mass is 10.1. The molecule has 0 fully saturated rings. The van der Waals surface area contributed by atoms with Crippen molar-refractivity contribution in [1.82, 2.24) is 9.97 Å². The summed E-state index contributed by atoms with van der Waals surface area (Å²) in [6.07, 6.45) is 3.03. The predicted octanol–water partition coefficient (Wildman–Crippen LogP) is 4.78. The van der Waals surface area contributed by atoms with E-state index in [9.17, 15) is 10.4 Å². The summed E-state index contributed by atoms with van der Waals surface area (Å²) in [7, 11) is 0. The van der Waals surface area contributed by atoms with E-state index in [1.807, 2.05) is 31.2 Å². The third-order valence-electron chi connectivity index (χ3n) is 4.29. The van der Waals surface area contributed by atoms with Crippen LogP contribution in [0.15, 0.2) is 60.0 Å². The summed E-state index contributed by atoms with van der Waals surface area (Å²) in [6.45, 7) is 2.45. The topological polar surface area (TPSA) is 103 Å². The Bertz CT molecular complexity index is 1260. The summed E-state index contributed by atoms with van der Waals surface area (Å²) in [5.74, 6) is 1.42. The Morgan fingerprint density at radius 3 is 2.77 bits per heavy atom. The van der Waals surface area contributed by atoms with Gasteiger partial charge in [0.2, 0.25) is 0 Å².